The summed E-state index contributed by atoms with van der Waals surface area (Å²) in [6, 6.07) is 140. The highest BCUT2D eigenvalue weighted by atomic mass is 16.5. The Labute approximate surface area is 696 Å². The van der Waals surface area contributed by atoms with Gasteiger partial charge in [0.2, 0.25) is 0 Å². The molecule has 18 aromatic carbocycles. The van der Waals surface area contributed by atoms with Gasteiger partial charge in [-0.2, -0.15) is 0 Å². The van der Waals surface area contributed by atoms with Crippen molar-refractivity contribution < 1.29 is 38.1 Å². The molecule has 18 rings (SSSR count). The quantitative estimate of drug-likeness (QED) is 0.0411. The van der Waals surface area contributed by atoms with Crippen LogP contribution in [0.25, 0.3) is 87.6 Å². The smallest absolute Gasteiger partial charge is 0.337 e. The molecule has 0 amide bonds. The zero-order valence-corrected chi connectivity index (χ0v) is 66.3. The maximum atomic E-state index is 13.0. The number of hydrogen-bond acceptors (Lipinski definition) is 12. The van der Waals surface area contributed by atoms with Crippen LogP contribution in [0.3, 0.4) is 0 Å². The standard InChI is InChI=1S/2C54H40N2O4/c1-59-53(57)39-19-14-17-37(35-39)50-46-27-12-13-28-47(46)51(38-18-15-20-40(36-38)54(58)60-2)52-48(50)29-16-30-49(52)56(43-25-10-5-11-26-43)45-33-31-44(32-34-45)55(41-21-6-3-7-22-41)42-23-8-4-9-24-42;1-59-53(57)39-18-14-16-37(34-39)51-47-26-12-13-27-48(47)52(38-17-15-19-40(35-38)54(58)60-2)50-36-46(32-33-49(50)51)56(43-24-10-5-11-25-43)45-30-28-44(29-31-45)55(41-20-6-3-7-21-41)42-22-8-4-9-23-42/h2*3-36H,1-2H3. The van der Waals surface area contributed by atoms with Crippen LogP contribution in [-0.4, -0.2) is 52.3 Å². The molecule has 0 N–H and O–H groups in total. The lowest BCUT2D eigenvalue weighted by Crippen LogP contribution is -2.12. The highest BCUT2D eigenvalue weighted by Crippen LogP contribution is 2.52. The summed E-state index contributed by atoms with van der Waals surface area (Å²) in [5.41, 5.74) is 21.3. The van der Waals surface area contributed by atoms with Gasteiger partial charge in [0.15, 0.2) is 0 Å². The van der Waals surface area contributed by atoms with Gasteiger partial charge in [-0.15, -0.1) is 0 Å². The van der Waals surface area contributed by atoms with Crippen molar-refractivity contribution in [1.29, 1.82) is 0 Å². The van der Waals surface area contributed by atoms with Gasteiger partial charge in [-0.25, -0.2) is 19.2 Å². The van der Waals surface area contributed by atoms with Crippen molar-refractivity contribution in [2.24, 2.45) is 0 Å². The molecule has 0 aliphatic heterocycles. The summed E-state index contributed by atoms with van der Waals surface area (Å²) in [6.45, 7) is 0. The lowest BCUT2D eigenvalue weighted by molar-refractivity contribution is 0.0592. The maximum absolute atomic E-state index is 13.0. The van der Waals surface area contributed by atoms with Gasteiger partial charge < -0.3 is 38.5 Å². The van der Waals surface area contributed by atoms with Crippen LogP contribution in [0.2, 0.25) is 0 Å². The molecule has 0 spiro atoms. The number of para-hydroxylation sites is 6. The Balaban J connectivity index is 0.000000171. The minimum Gasteiger partial charge on any atom is -0.465 e. The van der Waals surface area contributed by atoms with E-state index >= 15 is 0 Å². The first-order chi connectivity index (χ1) is 59.1. The molecule has 0 bridgehead atoms. The predicted octanol–water partition coefficient (Wildman–Crippen LogP) is 27.7. The van der Waals surface area contributed by atoms with E-state index in [4.69, 9.17) is 18.9 Å². The second kappa shape index (κ2) is 34.6. The highest BCUT2D eigenvalue weighted by Gasteiger charge is 2.28. The van der Waals surface area contributed by atoms with E-state index in [1.165, 1.54) is 28.4 Å². The number of carbonyl (C=O) groups excluding carboxylic acids is 4. The molecule has 120 heavy (non-hydrogen) atoms. The van der Waals surface area contributed by atoms with Crippen LogP contribution in [0, 0.1) is 0 Å². The molecule has 12 heteroatoms. The Morgan fingerprint density at radius 3 is 0.733 bits per heavy atom. The lowest BCUT2D eigenvalue weighted by atomic mass is 9.84. The van der Waals surface area contributed by atoms with Crippen LogP contribution in [0.5, 0.6) is 0 Å². The molecule has 18 aromatic rings. The fourth-order valence-electron chi connectivity index (χ4n) is 16.3. The molecule has 0 atom stereocenters. The van der Waals surface area contributed by atoms with Gasteiger partial charge in [-0.05, 0) is 270 Å². The van der Waals surface area contributed by atoms with Gasteiger partial charge in [0.05, 0.1) is 56.4 Å². The summed E-state index contributed by atoms with van der Waals surface area (Å²) in [4.78, 5) is 60.6. The topological polar surface area (TPSA) is 118 Å². The van der Waals surface area contributed by atoms with Crippen LogP contribution in [0.4, 0.5) is 68.2 Å². The van der Waals surface area contributed by atoms with E-state index in [9.17, 15) is 19.2 Å². The second-order valence-electron chi connectivity index (χ2n) is 28.7. The number of nitrogens with zero attached hydrogens (tertiary/aromatic N) is 4. The molecule has 0 heterocycles. The summed E-state index contributed by atoms with van der Waals surface area (Å²) in [5, 5.41) is 7.91. The van der Waals surface area contributed by atoms with Gasteiger partial charge in [0.1, 0.15) is 0 Å². The maximum Gasteiger partial charge on any atom is 0.337 e. The first-order valence-electron chi connectivity index (χ1n) is 39.5. The van der Waals surface area contributed by atoms with Gasteiger partial charge in [0, 0.05) is 67.9 Å². The van der Waals surface area contributed by atoms with Crippen molar-refractivity contribution in [2.75, 3.05) is 48.0 Å². The van der Waals surface area contributed by atoms with E-state index in [1.54, 1.807) is 24.3 Å². The summed E-state index contributed by atoms with van der Waals surface area (Å²) in [7, 11) is 5.59. The largest absolute Gasteiger partial charge is 0.465 e. The number of rotatable bonds is 20. The monoisotopic (exact) mass is 1560 g/mol. The molecule has 12 nitrogen and oxygen atoms in total. The SMILES string of the molecule is COC(=O)c1cccc(-c2c3ccccc3c(-c3cccc(C(=O)OC)c3)c3c(N(c4ccccc4)c4ccc(N(c5ccccc5)c5ccccc5)cc4)cccc23)c1.COC(=O)c1cccc(-c2c3ccccc3c(-c3cccc(C(=O)OC)c3)c3cc(N(c4ccccc4)c4ccc(N(c5ccccc5)c5ccccc5)cc4)ccc23)c1. The first-order valence-corrected chi connectivity index (χ1v) is 39.5. The average Bonchev–Trinajstić information content (AvgIpc) is 0.698. The zero-order valence-electron chi connectivity index (χ0n) is 66.3. The summed E-state index contributed by atoms with van der Waals surface area (Å²) >= 11 is 0. The average molecular weight is 1560 g/mol. The van der Waals surface area contributed by atoms with Gasteiger partial charge in [-0.1, -0.05) is 224 Å². The van der Waals surface area contributed by atoms with Crippen LogP contribution >= 0.6 is 0 Å². The molecular weight excluding hydrogens is 1480 g/mol. The van der Waals surface area contributed by atoms with Gasteiger partial charge in [0.25, 0.3) is 0 Å². The summed E-state index contributed by atoms with van der Waals surface area (Å²) in [6.07, 6.45) is 0. The number of fused-ring (bicyclic) bond motifs is 4. The molecule has 0 aromatic heterocycles. The lowest BCUT2D eigenvalue weighted by Gasteiger charge is -2.30. The fourth-order valence-corrected chi connectivity index (χ4v) is 16.3. The summed E-state index contributed by atoms with van der Waals surface area (Å²) < 4.78 is 20.6. The Kier molecular flexibility index (Phi) is 22.1. The minimum absolute atomic E-state index is 0.399. The Morgan fingerprint density at radius 2 is 0.408 bits per heavy atom. The number of methoxy groups -OCH3 is 4. The number of esters is 4. The van der Waals surface area contributed by atoms with Crippen LogP contribution in [-0.2, 0) is 18.9 Å². The molecule has 0 fully saturated rings. The third-order valence-corrected chi connectivity index (χ3v) is 21.6. The first kappa shape index (κ1) is 76.7. The number of benzene rings is 18. The van der Waals surface area contributed by atoms with Crippen molar-refractivity contribution in [3.05, 3.63) is 435 Å². The van der Waals surface area contributed by atoms with Crippen molar-refractivity contribution in [3.63, 3.8) is 0 Å². The van der Waals surface area contributed by atoms with Crippen molar-refractivity contribution in [1.82, 2.24) is 0 Å². The molecule has 580 valence electrons. The fraction of sp³-hybridized carbons (Fsp3) is 0.0370. The molecule has 0 saturated carbocycles. The molecule has 0 saturated heterocycles. The number of ether oxygens (including phenoxy) is 4. The van der Waals surface area contributed by atoms with Crippen molar-refractivity contribution in [2.45, 2.75) is 0 Å². The second-order valence-corrected chi connectivity index (χ2v) is 28.7. The van der Waals surface area contributed by atoms with Crippen molar-refractivity contribution >= 4 is 135 Å². The van der Waals surface area contributed by atoms with E-state index in [0.717, 1.165) is 156 Å². The Bertz CT molecular complexity index is 6640. The van der Waals surface area contributed by atoms with Crippen LogP contribution in [0.1, 0.15) is 41.4 Å². The van der Waals surface area contributed by atoms with E-state index < -0.39 is 23.9 Å². The molecular formula is C108H80N4O8. The highest BCUT2D eigenvalue weighted by molar-refractivity contribution is 6.26. The van der Waals surface area contributed by atoms with E-state index in [-0.39, 0.29) is 0 Å². The normalized spacial score (nSPS) is 11.0. The third kappa shape index (κ3) is 15.3. The number of anilines is 12. The van der Waals surface area contributed by atoms with E-state index in [1.807, 2.05) is 158 Å². The molecule has 0 aliphatic rings. The van der Waals surface area contributed by atoms with Gasteiger partial charge in [-0.3, -0.25) is 0 Å². The zero-order chi connectivity index (χ0) is 82.0. The summed E-state index contributed by atoms with van der Waals surface area (Å²) in [5.74, 6) is -1.62. The Hall–Kier alpha value is -15.9. The van der Waals surface area contributed by atoms with Crippen LogP contribution in [0.15, 0.2) is 413 Å². The minimum atomic E-state index is -0.409. The molecule has 0 radical (unpaired) electrons. The molecule has 0 aliphatic carbocycles. The number of hydrogen-bond donors (Lipinski definition) is 0. The van der Waals surface area contributed by atoms with E-state index in [2.05, 4.69) is 250 Å². The van der Waals surface area contributed by atoms with E-state index in [0.29, 0.717) is 22.3 Å². The Morgan fingerprint density at radius 1 is 0.183 bits per heavy atom. The van der Waals surface area contributed by atoms with Gasteiger partial charge >= 0.3 is 23.9 Å². The van der Waals surface area contributed by atoms with Crippen molar-refractivity contribution in [3.8, 4) is 44.5 Å². The number of carbonyl (C=O) groups is 4. The predicted molar refractivity (Wildman–Crippen MR) is 489 cm³/mol. The molecule has 0 unspecified atom stereocenters. The third-order valence-electron chi connectivity index (χ3n) is 21.6. The van der Waals surface area contributed by atoms with Crippen LogP contribution < -0.4 is 19.6 Å².